The molecule has 0 bridgehead atoms. The molecule has 2 rings (SSSR count). The van der Waals surface area contributed by atoms with Crippen molar-refractivity contribution < 1.29 is 0 Å². The minimum absolute atomic E-state index is 0.198. The van der Waals surface area contributed by atoms with Crippen LogP contribution >= 0.6 is 0 Å². The first-order valence-corrected chi connectivity index (χ1v) is 5.40. The fraction of sp³-hybridized carbons (Fsp3) is 0.333. The summed E-state index contributed by atoms with van der Waals surface area (Å²) in [6.07, 6.45) is 8.56. The molecule has 16 heavy (non-hydrogen) atoms. The first kappa shape index (κ1) is 10.8. The Bertz CT molecular complexity index is 433. The average Bonchev–Trinajstić information content (AvgIpc) is 2.66. The molecule has 2 aromatic rings. The predicted molar refractivity (Wildman–Crippen MR) is 62.9 cm³/mol. The van der Waals surface area contributed by atoms with Crippen LogP contribution in [0.1, 0.15) is 18.3 Å². The fourth-order valence-electron chi connectivity index (χ4n) is 1.66. The second-order valence-corrected chi connectivity index (χ2v) is 4.04. The minimum atomic E-state index is 0.198. The van der Waals surface area contributed by atoms with Crippen LogP contribution in [0, 0.1) is 0 Å². The van der Waals surface area contributed by atoms with E-state index in [0.29, 0.717) is 6.54 Å². The van der Waals surface area contributed by atoms with Gasteiger partial charge in [-0.2, -0.15) is 0 Å². The predicted octanol–water partition coefficient (Wildman–Crippen LogP) is 1.22. The molecule has 84 valence electrons. The number of hydrogen-bond donors (Lipinski definition) is 1. The van der Waals surface area contributed by atoms with Gasteiger partial charge in [0.05, 0.1) is 6.54 Å². The second-order valence-electron chi connectivity index (χ2n) is 4.04. The lowest BCUT2D eigenvalue weighted by molar-refractivity contribution is 0.722. The largest absolute Gasteiger partial charge is 0.346 e. The van der Waals surface area contributed by atoms with Crippen molar-refractivity contribution in [2.75, 3.05) is 0 Å². The van der Waals surface area contributed by atoms with E-state index in [4.69, 9.17) is 5.73 Å². The zero-order valence-corrected chi connectivity index (χ0v) is 9.37. The molecule has 4 nitrogen and oxygen atoms in total. The SMILES string of the molecule is CC(N)Cc1ccn(Cc2ncccn2)c1. The molecule has 2 N–H and O–H groups in total. The molecule has 0 radical (unpaired) electrons. The van der Waals surface area contributed by atoms with Crippen molar-refractivity contribution in [3.8, 4) is 0 Å². The molecular weight excluding hydrogens is 200 g/mol. The monoisotopic (exact) mass is 216 g/mol. The van der Waals surface area contributed by atoms with Crippen LogP contribution in [0.15, 0.2) is 36.9 Å². The van der Waals surface area contributed by atoms with Crippen LogP contribution in [0.3, 0.4) is 0 Å². The van der Waals surface area contributed by atoms with Crippen LogP contribution in [0.5, 0.6) is 0 Å². The zero-order valence-electron chi connectivity index (χ0n) is 9.37. The van der Waals surface area contributed by atoms with Crippen LogP contribution in [-0.2, 0) is 13.0 Å². The van der Waals surface area contributed by atoms with Crippen LogP contribution in [0.4, 0.5) is 0 Å². The molecule has 0 amide bonds. The smallest absolute Gasteiger partial charge is 0.147 e. The highest BCUT2D eigenvalue weighted by molar-refractivity contribution is 5.12. The lowest BCUT2D eigenvalue weighted by Crippen LogP contribution is -2.17. The molecule has 0 fully saturated rings. The minimum Gasteiger partial charge on any atom is -0.346 e. The highest BCUT2D eigenvalue weighted by atomic mass is 15.0. The summed E-state index contributed by atoms with van der Waals surface area (Å²) in [6, 6.07) is 4.11. The maximum absolute atomic E-state index is 5.75. The zero-order chi connectivity index (χ0) is 11.4. The second kappa shape index (κ2) is 4.90. The third-order valence-corrected chi connectivity index (χ3v) is 2.31. The highest BCUT2D eigenvalue weighted by Crippen LogP contribution is 2.05. The lowest BCUT2D eigenvalue weighted by atomic mass is 10.1. The number of hydrogen-bond acceptors (Lipinski definition) is 3. The molecule has 0 aliphatic carbocycles. The van der Waals surface area contributed by atoms with Gasteiger partial charge in [-0.1, -0.05) is 0 Å². The van der Waals surface area contributed by atoms with Crippen molar-refractivity contribution in [2.45, 2.75) is 25.9 Å². The molecule has 0 saturated heterocycles. The van der Waals surface area contributed by atoms with Gasteiger partial charge in [0.1, 0.15) is 5.82 Å². The summed E-state index contributed by atoms with van der Waals surface area (Å²) in [7, 11) is 0. The number of aromatic nitrogens is 3. The Morgan fingerprint density at radius 1 is 1.38 bits per heavy atom. The Hall–Kier alpha value is -1.68. The molecule has 0 spiro atoms. The first-order chi connectivity index (χ1) is 7.74. The lowest BCUT2D eigenvalue weighted by Gasteiger charge is -2.02. The molecule has 4 heteroatoms. The summed E-state index contributed by atoms with van der Waals surface area (Å²) in [5, 5.41) is 0. The summed E-state index contributed by atoms with van der Waals surface area (Å²) in [4.78, 5) is 8.38. The molecule has 0 saturated carbocycles. The quantitative estimate of drug-likeness (QED) is 0.836. The van der Waals surface area contributed by atoms with E-state index in [9.17, 15) is 0 Å². The van der Waals surface area contributed by atoms with E-state index in [1.807, 2.05) is 19.2 Å². The average molecular weight is 216 g/mol. The van der Waals surface area contributed by atoms with Crippen LogP contribution < -0.4 is 5.73 Å². The maximum Gasteiger partial charge on any atom is 0.147 e. The van der Waals surface area contributed by atoms with E-state index in [0.717, 1.165) is 12.2 Å². The van der Waals surface area contributed by atoms with E-state index >= 15 is 0 Å². The Balaban J connectivity index is 2.03. The van der Waals surface area contributed by atoms with Gasteiger partial charge in [-0.3, -0.25) is 0 Å². The molecule has 0 aliphatic heterocycles. The van der Waals surface area contributed by atoms with Gasteiger partial charge in [0.2, 0.25) is 0 Å². The van der Waals surface area contributed by atoms with E-state index in [1.165, 1.54) is 5.56 Å². The van der Waals surface area contributed by atoms with Crippen molar-refractivity contribution in [3.63, 3.8) is 0 Å². The summed E-state index contributed by atoms with van der Waals surface area (Å²) in [5.41, 5.74) is 7.01. The fourth-order valence-corrected chi connectivity index (χ4v) is 1.66. The van der Waals surface area contributed by atoms with E-state index in [-0.39, 0.29) is 6.04 Å². The normalized spacial score (nSPS) is 12.6. The number of nitrogens with two attached hydrogens (primary N) is 1. The Morgan fingerprint density at radius 3 is 2.81 bits per heavy atom. The number of rotatable bonds is 4. The summed E-state index contributed by atoms with van der Waals surface area (Å²) < 4.78 is 2.08. The summed E-state index contributed by atoms with van der Waals surface area (Å²) in [5.74, 6) is 0.824. The maximum atomic E-state index is 5.75. The number of nitrogens with zero attached hydrogens (tertiary/aromatic N) is 3. The van der Waals surface area contributed by atoms with Gasteiger partial charge < -0.3 is 10.3 Å². The Morgan fingerprint density at radius 2 is 2.12 bits per heavy atom. The molecule has 2 heterocycles. The van der Waals surface area contributed by atoms with Crippen molar-refractivity contribution in [1.82, 2.24) is 14.5 Å². The van der Waals surface area contributed by atoms with Gasteiger partial charge in [0.15, 0.2) is 0 Å². The van der Waals surface area contributed by atoms with Gasteiger partial charge in [0, 0.05) is 30.8 Å². The van der Waals surface area contributed by atoms with Crippen molar-refractivity contribution in [3.05, 3.63) is 48.3 Å². The Labute approximate surface area is 95.1 Å². The standard InChI is InChI=1S/C12H16N4/c1-10(13)7-11-3-6-16(8-11)9-12-14-4-2-5-15-12/h2-6,8,10H,7,9,13H2,1H3. The third-order valence-electron chi connectivity index (χ3n) is 2.31. The third kappa shape index (κ3) is 2.90. The molecule has 1 unspecified atom stereocenters. The molecule has 0 aliphatic rings. The molecular formula is C12H16N4. The van der Waals surface area contributed by atoms with Gasteiger partial charge in [-0.25, -0.2) is 9.97 Å². The van der Waals surface area contributed by atoms with Gasteiger partial charge in [0.25, 0.3) is 0 Å². The van der Waals surface area contributed by atoms with Crippen LogP contribution in [0.25, 0.3) is 0 Å². The highest BCUT2D eigenvalue weighted by Gasteiger charge is 2.01. The van der Waals surface area contributed by atoms with Gasteiger partial charge in [-0.15, -0.1) is 0 Å². The summed E-state index contributed by atoms with van der Waals surface area (Å²) in [6.45, 7) is 2.72. The van der Waals surface area contributed by atoms with E-state index < -0.39 is 0 Å². The molecule has 0 aromatic carbocycles. The Kier molecular flexibility index (Phi) is 3.31. The topological polar surface area (TPSA) is 56.7 Å². The van der Waals surface area contributed by atoms with E-state index in [2.05, 4.69) is 26.8 Å². The van der Waals surface area contributed by atoms with Crippen LogP contribution in [-0.4, -0.2) is 20.6 Å². The summed E-state index contributed by atoms with van der Waals surface area (Å²) >= 11 is 0. The van der Waals surface area contributed by atoms with Crippen molar-refractivity contribution in [2.24, 2.45) is 5.73 Å². The van der Waals surface area contributed by atoms with Gasteiger partial charge in [-0.05, 0) is 31.0 Å². The molecule has 2 aromatic heterocycles. The van der Waals surface area contributed by atoms with Crippen molar-refractivity contribution in [1.29, 1.82) is 0 Å². The van der Waals surface area contributed by atoms with Gasteiger partial charge >= 0.3 is 0 Å². The van der Waals surface area contributed by atoms with Crippen molar-refractivity contribution >= 4 is 0 Å². The first-order valence-electron chi connectivity index (χ1n) is 5.40. The molecule has 1 atom stereocenters. The van der Waals surface area contributed by atoms with E-state index in [1.54, 1.807) is 12.4 Å². The van der Waals surface area contributed by atoms with Crippen LogP contribution in [0.2, 0.25) is 0 Å².